The van der Waals surface area contributed by atoms with Gasteiger partial charge in [0, 0.05) is 20.4 Å². The molecule has 3 rings (SSSR count). The molecule has 6 heteroatoms. The van der Waals surface area contributed by atoms with Crippen molar-refractivity contribution in [3.8, 4) is 0 Å². The van der Waals surface area contributed by atoms with Gasteiger partial charge in [0.05, 0.1) is 9.60 Å². The number of rotatable bonds is 3. The molecule has 0 saturated heterocycles. The van der Waals surface area contributed by atoms with Crippen molar-refractivity contribution in [2.45, 2.75) is 4.90 Å². The summed E-state index contributed by atoms with van der Waals surface area (Å²) in [4.78, 5) is 10.5. The molecular weight excluding hydrogens is 282 g/mol. The van der Waals surface area contributed by atoms with Crippen LogP contribution in [0.15, 0.2) is 47.4 Å². The van der Waals surface area contributed by atoms with Crippen LogP contribution in [0.4, 0.5) is 0 Å². The predicted octanol–water partition coefficient (Wildman–Crippen LogP) is 3.40. The third kappa shape index (κ3) is 2.13. The van der Waals surface area contributed by atoms with E-state index in [4.69, 9.17) is 0 Å². The molecule has 0 spiro atoms. The summed E-state index contributed by atoms with van der Waals surface area (Å²) in [6.07, 6.45) is 0. The van der Waals surface area contributed by atoms with Crippen molar-refractivity contribution < 1.29 is 9.13 Å². The first-order valence-corrected chi connectivity index (χ1v) is 7.71. The standard InChI is InChI=1S/C13H9NO3S2/c15-14(16)8-19(17)12-7-3-5-10-9-4-1-2-6-11(9)18-13(10)12/h1-7H,8H2. The summed E-state index contributed by atoms with van der Waals surface area (Å²) in [5, 5.41) is 12.6. The molecule has 0 N–H and O–H groups in total. The van der Waals surface area contributed by atoms with Gasteiger partial charge in [-0.05, 0) is 12.1 Å². The minimum atomic E-state index is -1.60. The van der Waals surface area contributed by atoms with Gasteiger partial charge in [-0.3, -0.25) is 10.1 Å². The van der Waals surface area contributed by atoms with Gasteiger partial charge in [0.15, 0.2) is 0 Å². The van der Waals surface area contributed by atoms with Crippen LogP contribution in [0.3, 0.4) is 0 Å². The molecule has 2 aromatic carbocycles. The van der Waals surface area contributed by atoms with Crippen molar-refractivity contribution in [1.29, 1.82) is 0 Å². The molecule has 0 aliphatic rings. The fraction of sp³-hybridized carbons (Fsp3) is 0.0769. The van der Waals surface area contributed by atoms with Gasteiger partial charge < -0.3 is 0 Å². The maximum Gasteiger partial charge on any atom is 0.281 e. The van der Waals surface area contributed by atoms with Crippen LogP contribution >= 0.6 is 11.3 Å². The van der Waals surface area contributed by atoms with Gasteiger partial charge >= 0.3 is 0 Å². The highest BCUT2D eigenvalue weighted by Gasteiger charge is 2.16. The van der Waals surface area contributed by atoms with Crippen LogP contribution in [-0.4, -0.2) is 15.0 Å². The van der Waals surface area contributed by atoms with Crippen molar-refractivity contribution in [1.82, 2.24) is 0 Å². The Morgan fingerprint density at radius 3 is 2.63 bits per heavy atom. The first kappa shape index (κ1) is 12.3. The fourth-order valence-corrected chi connectivity index (χ4v) is 4.46. The van der Waals surface area contributed by atoms with Crippen LogP contribution in [0.5, 0.6) is 0 Å². The second kappa shape index (κ2) is 4.71. The van der Waals surface area contributed by atoms with Crippen molar-refractivity contribution in [2.75, 3.05) is 5.88 Å². The Bertz CT molecular complexity index is 810. The number of thiophene rings is 1. The molecule has 0 bridgehead atoms. The van der Waals surface area contributed by atoms with Gasteiger partial charge in [-0.2, -0.15) is 0 Å². The average Bonchev–Trinajstić information content (AvgIpc) is 2.76. The van der Waals surface area contributed by atoms with Crippen molar-refractivity contribution in [3.63, 3.8) is 0 Å². The van der Waals surface area contributed by atoms with Gasteiger partial charge in [0.1, 0.15) is 10.8 Å². The Morgan fingerprint density at radius 1 is 1.11 bits per heavy atom. The average molecular weight is 291 g/mol. The van der Waals surface area contributed by atoms with Gasteiger partial charge in [0.2, 0.25) is 0 Å². The molecule has 1 heterocycles. The second-order valence-corrected chi connectivity index (χ2v) is 6.48. The molecule has 19 heavy (non-hydrogen) atoms. The lowest BCUT2D eigenvalue weighted by Gasteiger charge is -1.99. The first-order chi connectivity index (χ1) is 9.16. The molecule has 0 aliphatic carbocycles. The highest BCUT2D eigenvalue weighted by molar-refractivity contribution is 7.85. The quantitative estimate of drug-likeness (QED) is 0.549. The lowest BCUT2D eigenvalue weighted by atomic mass is 10.1. The van der Waals surface area contributed by atoms with Gasteiger partial charge in [-0.1, -0.05) is 30.3 Å². The summed E-state index contributed by atoms with van der Waals surface area (Å²) in [6, 6.07) is 13.4. The summed E-state index contributed by atoms with van der Waals surface area (Å²) >= 11 is 1.53. The van der Waals surface area contributed by atoms with Crippen LogP contribution < -0.4 is 0 Å². The van der Waals surface area contributed by atoms with E-state index in [0.717, 1.165) is 20.2 Å². The fourth-order valence-electron chi connectivity index (χ4n) is 2.07. The van der Waals surface area contributed by atoms with Crippen molar-refractivity contribution in [2.24, 2.45) is 0 Å². The Hall–Kier alpha value is -1.79. The highest BCUT2D eigenvalue weighted by atomic mass is 32.2. The molecule has 0 amide bonds. The summed E-state index contributed by atoms with van der Waals surface area (Å²) in [7, 11) is -1.60. The topological polar surface area (TPSA) is 60.2 Å². The third-order valence-electron chi connectivity index (χ3n) is 2.84. The van der Waals surface area contributed by atoms with E-state index in [1.807, 2.05) is 30.3 Å². The van der Waals surface area contributed by atoms with Crippen LogP contribution in [0.25, 0.3) is 20.2 Å². The second-order valence-electron chi connectivity index (χ2n) is 4.04. The molecule has 4 nitrogen and oxygen atoms in total. The molecule has 1 aromatic heterocycles. The van der Waals surface area contributed by atoms with Crippen LogP contribution in [0.1, 0.15) is 0 Å². The van der Waals surface area contributed by atoms with E-state index in [-0.39, 0.29) is 0 Å². The van der Waals surface area contributed by atoms with E-state index >= 15 is 0 Å². The molecule has 0 saturated carbocycles. The van der Waals surface area contributed by atoms with E-state index in [1.54, 1.807) is 12.1 Å². The summed E-state index contributed by atoms with van der Waals surface area (Å²) in [5.41, 5.74) is 0. The summed E-state index contributed by atoms with van der Waals surface area (Å²) in [6.45, 7) is 0. The summed E-state index contributed by atoms with van der Waals surface area (Å²) < 4.78 is 14.0. The van der Waals surface area contributed by atoms with E-state index in [2.05, 4.69) is 0 Å². The van der Waals surface area contributed by atoms with Crippen LogP contribution in [-0.2, 0) is 10.8 Å². The maximum atomic E-state index is 12.0. The lowest BCUT2D eigenvalue weighted by Crippen LogP contribution is -2.07. The Labute approximate surface area is 115 Å². The first-order valence-electron chi connectivity index (χ1n) is 5.57. The molecule has 0 aliphatic heterocycles. The van der Waals surface area contributed by atoms with Crippen LogP contribution in [0.2, 0.25) is 0 Å². The van der Waals surface area contributed by atoms with E-state index in [1.165, 1.54) is 11.3 Å². The third-order valence-corrected chi connectivity index (χ3v) is 5.46. The molecule has 0 fully saturated rings. The lowest BCUT2D eigenvalue weighted by molar-refractivity contribution is -0.457. The predicted molar refractivity (Wildman–Crippen MR) is 77.6 cm³/mol. The van der Waals surface area contributed by atoms with E-state index in [0.29, 0.717) is 4.90 Å². The van der Waals surface area contributed by atoms with E-state index < -0.39 is 21.6 Å². The zero-order valence-corrected chi connectivity index (χ0v) is 11.4. The molecule has 0 radical (unpaired) electrons. The minimum Gasteiger partial charge on any atom is -0.264 e. The summed E-state index contributed by atoms with van der Waals surface area (Å²) in [5.74, 6) is -0.548. The smallest absolute Gasteiger partial charge is 0.264 e. The molecule has 3 aromatic rings. The van der Waals surface area contributed by atoms with Gasteiger partial charge in [0.25, 0.3) is 5.88 Å². The number of hydrogen-bond acceptors (Lipinski definition) is 4. The molecular formula is C13H9NO3S2. The van der Waals surface area contributed by atoms with Gasteiger partial charge in [-0.15, -0.1) is 11.3 Å². The number of nitrogens with zero attached hydrogens (tertiary/aromatic N) is 1. The highest BCUT2D eigenvalue weighted by Crippen LogP contribution is 2.36. The normalized spacial score (nSPS) is 12.8. The maximum absolute atomic E-state index is 12.0. The monoisotopic (exact) mass is 291 g/mol. The zero-order chi connectivity index (χ0) is 13.4. The van der Waals surface area contributed by atoms with E-state index in [9.17, 15) is 14.3 Å². The number of fused-ring (bicyclic) bond motifs is 3. The number of hydrogen-bond donors (Lipinski definition) is 0. The van der Waals surface area contributed by atoms with Crippen molar-refractivity contribution in [3.05, 3.63) is 52.6 Å². The minimum absolute atomic E-state index is 0.539. The molecule has 1 unspecified atom stereocenters. The number of benzene rings is 2. The van der Waals surface area contributed by atoms with Crippen LogP contribution in [0, 0.1) is 10.1 Å². The Kier molecular flexibility index (Phi) is 3.04. The molecule has 96 valence electrons. The Morgan fingerprint density at radius 2 is 1.84 bits per heavy atom. The van der Waals surface area contributed by atoms with Crippen molar-refractivity contribution >= 4 is 42.3 Å². The molecule has 1 atom stereocenters. The number of nitro groups is 1. The Balaban J connectivity index is 2.26. The largest absolute Gasteiger partial charge is 0.281 e. The zero-order valence-electron chi connectivity index (χ0n) is 9.74. The van der Waals surface area contributed by atoms with Gasteiger partial charge in [-0.25, -0.2) is 4.21 Å². The SMILES string of the molecule is O=[N+]([O-])CS(=O)c1cccc2c1sc1ccccc12.